The van der Waals surface area contributed by atoms with Crippen molar-refractivity contribution in [2.45, 2.75) is 30.3 Å². The first-order valence-electron chi connectivity index (χ1n) is 7.65. The van der Waals surface area contributed by atoms with E-state index in [0.29, 0.717) is 17.6 Å². The molecular weight excluding hydrogens is 328 g/mol. The molecule has 0 aliphatic heterocycles. The third kappa shape index (κ3) is 4.56. The number of nitrogens with one attached hydrogen (secondary N) is 2. The van der Waals surface area contributed by atoms with E-state index >= 15 is 0 Å². The van der Waals surface area contributed by atoms with Crippen molar-refractivity contribution in [3.05, 3.63) is 60.1 Å². The van der Waals surface area contributed by atoms with Crippen LogP contribution in [0.25, 0.3) is 6.08 Å². The summed E-state index contributed by atoms with van der Waals surface area (Å²) in [4.78, 5) is 11.8. The van der Waals surface area contributed by atoms with Crippen LogP contribution in [0.15, 0.2) is 57.9 Å². The van der Waals surface area contributed by atoms with Crippen LogP contribution in [0, 0.1) is 0 Å². The molecule has 3 rings (SSSR count). The number of benzene rings is 1. The molecule has 1 saturated carbocycles. The van der Waals surface area contributed by atoms with Crippen molar-refractivity contribution in [3.63, 3.8) is 0 Å². The lowest BCUT2D eigenvalue weighted by molar-refractivity contribution is -0.116. The highest BCUT2D eigenvalue weighted by Crippen LogP contribution is 2.18. The van der Waals surface area contributed by atoms with Crippen LogP contribution in [0.2, 0.25) is 0 Å². The zero-order valence-electron chi connectivity index (χ0n) is 12.9. The van der Waals surface area contributed by atoms with Crippen LogP contribution < -0.4 is 10.0 Å². The fourth-order valence-corrected chi connectivity index (χ4v) is 3.08. The van der Waals surface area contributed by atoms with Crippen LogP contribution in [0.1, 0.15) is 24.4 Å². The van der Waals surface area contributed by atoms with Crippen LogP contribution in [0.5, 0.6) is 0 Å². The first kappa shape index (κ1) is 16.5. The zero-order chi connectivity index (χ0) is 17.0. The predicted molar refractivity (Wildman–Crippen MR) is 89.4 cm³/mol. The maximum atomic E-state index is 12.1. The van der Waals surface area contributed by atoms with E-state index in [9.17, 15) is 13.2 Å². The lowest BCUT2D eigenvalue weighted by Crippen LogP contribution is -2.22. The Morgan fingerprint density at radius 3 is 2.62 bits per heavy atom. The summed E-state index contributed by atoms with van der Waals surface area (Å²) in [6.45, 7) is 0.0410. The summed E-state index contributed by atoms with van der Waals surface area (Å²) in [5, 5.41) is 2.84. The predicted octanol–water partition coefficient (Wildman–Crippen LogP) is 2.05. The molecule has 1 aliphatic rings. The quantitative estimate of drug-likeness (QED) is 0.751. The molecule has 0 spiro atoms. The van der Waals surface area contributed by atoms with Crippen molar-refractivity contribution >= 4 is 22.0 Å². The van der Waals surface area contributed by atoms with Gasteiger partial charge in [0.05, 0.1) is 11.4 Å². The van der Waals surface area contributed by atoms with Gasteiger partial charge in [0.2, 0.25) is 15.9 Å². The number of sulfonamides is 1. The highest BCUT2D eigenvalue weighted by Gasteiger charge is 2.22. The lowest BCUT2D eigenvalue weighted by Gasteiger charge is -2.04. The molecule has 0 bridgehead atoms. The fraction of sp³-hybridized carbons (Fsp3) is 0.235. The van der Waals surface area contributed by atoms with E-state index in [-0.39, 0.29) is 17.3 Å². The topological polar surface area (TPSA) is 88.4 Å². The van der Waals surface area contributed by atoms with Gasteiger partial charge in [0.15, 0.2) is 0 Å². The number of carbonyl (C=O) groups is 1. The summed E-state index contributed by atoms with van der Waals surface area (Å²) in [6.07, 6.45) is 5.04. The molecule has 0 unspecified atom stereocenters. The molecule has 6 nitrogen and oxygen atoms in total. The monoisotopic (exact) mass is 346 g/mol. The third-order valence-corrected chi connectivity index (χ3v) is 4.91. The van der Waals surface area contributed by atoms with Gasteiger partial charge in [-0.2, -0.15) is 0 Å². The van der Waals surface area contributed by atoms with Crippen molar-refractivity contribution in [2.75, 3.05) is 0 Å². The molecule has 0 atom stereocenters. The van der Waals surface area contributed by atoms with E-state index in [2.05, 4.69) is 10.0 Å². The Balaban J connectivity index is 1.56. The molecule has 1 aromatic heterocycles. The van der Waals surface area contributed by atoms with Crippen molar-refractivity contribution in [1.29, 1.82) is 0 Å². The summed E-state index contributed by atoms with van der Waals surface area (Å²) in [7, 11) is -3.57. The first-order valence-corrected chi connectivity index (χ1v) is 9.13. The average Bonchev–Trinajstić information content (AvgIpc) is 3.27. The molecule has 1 aromatic carbocycles. The number of rotatable bonds is 7. The van der Waals surface area contributed by atoms with Gasteiger partial charge >= 0.3 is 0 Å². The lowest BCUT2D eigenvalue weighted by atomic mass is 10.3. The van der Waals surface area contributed by atoms with Crippen LogP contribution >= 0.6 is 0 Å². The van der Waals surface area contributed by atoms with Crippen LogP contribution in [-0.4, -0.2) is 20.4 Å². The van der Waals surface area contributed by atoms with Crippen LogP contribution in [0.3, 0.4) is 0 Å². The Labute approximate surface area is 140 Å². The van der Waals surface area contributed by atoms with Gasteiger partial charge in [-0.15, -0.1) is 0 Å². The maximum absolute atomic E-state index is 12.1. The minimum Gasteiger partial charge on any atom is -0.460 e. The highest BCUT2D eigenvalue weighted by molar-refractivity contribution is 7.89. The van der Waals surface area contributed by atoms with Gasteiger partial charge in [-0.1, -0.05) is 18.2 Å². The van der Waals surface area contributed by atoms with E-state index in [0.717, 1.165) is 12.8 Å². The maximum Gasteiger partial charge on any atom is 0.244 e. The van der Waals surface area contributed by atoms with Gasteiger partial charge in [-0.3, -0.25) is 4.79 Å². The molecule has 7 heteroatoms. The van der Waals surface area contributed by atoms with Crippen molar-refractivity contribution in [2.24, 2.45) is 0 Å². The van der Waals surface area contributed by atoms with Crippen LogP contribution in [-0.2, 0) is 21.4 Å². The van der Waals surface area contributed by atoms with Gasteiger partial charge in [0, 0.05) is 12.1 Å². The molecule has 1 amide bonds. The Morgan fingerprint density at radius 2 is 1.92 bits per heavy atom. The molecule has 1 aliphatic carbocycles. The highest BCUT2D eigenvalue weighted by atomic mass is 32.2. The van der Waals surface area contributed by atoms with E-state index in [1.165, 1.54) is 18.2 Å². The van der Waals surface area contributed by atoms with Gasteiger partial charge in [-0.05, 0) is 43.2 Å². The summed E-state index contributed by atoms with van der Waals surface area (Å²) in [5.74, 6) is 0.812. The van der Waals surface area contributed by atoms with Crippen LogP contribution in [0.4, 0.5) is 0 Å². The van der Waals surface area contributed by atoms with Crippen molar-refractivity contribution in [3.8, 4) is 0 Å². The van der Waals surface area contributed by atoms with Gasteiger partial charge < -0.3 is 9.73 Å². The van der Waals surface area contributed by atoms with Gasteiger partial charge in [-0.25, -0.2) is 13.1 Å². The standard InChI is InChI=1S/C17H18N2O4S/c20-17(19-13-6-7-13)11-10-14-8-9-15(23-14)12-18-24(21,22)16-4-2-1-3-5-16/h1-5,8-11,13,18H,6-7,12H2,(H,19,20)/b11-10+. The third-order valence-electron chi connectivity index (χ3n) is 3.50. The molecule has 2 N–H and O–H groups in total. The average molecular weight is 346 g/mol. The second kappa shape index (κ2) is 7.02. The van der Waals surface area contributed by atoms with E-state index in [1.807, 2.05) is 0 Å². The molecular formula is C17H18N2O4S. The Bertz CT molecular complexity index is 836. The summed E-state index contributed by atoms with van der Waals surface area (Å²) in [5.41, 5.74) is 0. The second-order valence-electron chi connectivity index (χ2n) is 5.56. The Morgan fingerprint density at radius 1 is 1.17 bits per heavy atom. The number of amides is 1. The van der Waals surface area contributed by atoms with Gasteiger partial charge in [0.25, 0.3) is 0 Å². The largest absolute Gasteiger partial charge is 0.460 e. The zero-order valence-corrected chi connectivity index (χ0v) is 13.8. The number of hydrogen-bond donors (Lipinski definition) is 2. The minimum atomic E-state index is -3.57. The van der Waals surface area contributed by atoms with Crippen molar-refractivity contribution in [1.82, 2.24) is 10.0 Å². The smallest absolute Gasteiger partial charge is 0.244 e. The minimum absolute atomic E-state index is 0.0410. The van der Waals surface area contributed by atoms with E-state index in [4.69, 9.17) is 4.42 Å². The van der Waals surface area contributed by atoms with E-state index < -0.39 is 10.0 Å². The SMILES string of the molecule is O=C(/C=C/c1ccc(CNS(=O)(=O)c2ccccc2)o1)NC1CC1. The molecule has 0 saturated heterocycles. The molecule has 24 heavy (non-hydrogen) atoms. The van der Waals surface area contributed by atoms with Gasteiger partial charge in [0.1, 0.15) is 11.5 Å². The second-order valence-corrected chi connectivity index (χ2v) is 7.32. The van der Waals surface area contributed by atoms with E-state index in [1.54, 1.807) is 36.4 Å². The Hall–Kier alpha value is -2.38. The molecule has 1 fully saturated rings. The summed E-state index contributed by atoms with van der Waals surface area (Å²) >= 11 is 0. The first-order chi connectivity index (χ1) is 11.5. The Kier molecular flexibility index (Phi) is 4.82. The molecule has 2 aromatic rings. The normalized spacial score (nSPS) is 14.8. The molecule has 1 heterocycles. The number of carbonyl (C=O) groups excluding carboxylic acids is 1. The number of hydrogen-bond acceptors (Lipinski definition) is 4. The van der Waals surface area contributed by atoms with Crippen molar-refractivity contribution < 1.29 is 17.6 Å². The summed E-state index contributed by atoms with van der Waals surface area (Å²) < 4.78 is 32.2. The molecule has 126 valence electrons. The summed E-state index contributed by atoms with van der Waals surface area (Å²) in [6, 6.07) is 11.8. The number of furan rings is 1. The molecule has 0 radical (unpaired) electrons. The fourth-order valence-electron chi connectivity index (χ4n) is 2.06.